The lowest BCUT2D eigenvalue weighted by molar-refractivity contribution is -0.136. The maximum Gasteiger partial charge on any atom is 0.262 e. The van der Waals surface area contributed by atoms with Crippen molar-refractivity contribution in [3.8, 4) is 11.1 Å². The van der Waals surface area contributed by atoms with Gasteiger partial charge in [-0.2, -0.15) is 5.10 Å². The van der Waals surface area contributed by atoms with Crippen molar-refractivity contribution in [2.45, 2.75) is 56.5 Å². The summed E-state index contributed by atoms with van der Waals surface area (Å²) in [5, 5.41) is 10.6. The van der Waals surface area contributed by atoms with Crippen molar-refractivity contribution in [2.75, 3.05) is 11.9 Å². The SMILES string of the molecule is O=C1CCC(N2C(=O)c3ccc(NCC4CC(n5cc(-c6ccncc6)c(C6CC6)n5)C4)cc3C2=O)C(=O)N1. The highest BCUT2D eigenvalue weighted by molar-refractivity contribution is 6.23. The molecule has 7 rings (SSSR count). The highest BCUT2D eigenvalue weighted by atomic mass is 16.2. The number of amides is 4. The molecule has 2 aromatic heterocycles. The van der Waals surface area contributed by atoms with Gasteiger partial charge < -0.3 is 5.32 Å². The van der Waals surface area contributed by atoms with E-state index in [2.05, 4.69) is 26.5 Å². The summed E-state index contributed by atoms with van der Waals surface area (Å²) in [7, 11) is 0. The molecule has 1 saturated heterocycles. The number of nitrogens with zero attached hydrogens (tertiary/aromatic N) is 4. The molecule has 2 aliphatic carbocycles. The number of imide groups is 2. The van der Waals surface area contributed by atoms with Gasteiger partial charge in [0.15, 0.2) is 0 Å². The second-order valence-electron chi connectivity index (χ2n) is 11.0. The molecule has 10 heteroatoms. The standard InChI is InChI=1S/C29H28N6O4/c36-25-6-5-24(27(37)32-25)35-28(38)21-4-3-19(13-22(21)29(35)39)31-14-16-11-20(12-16)34-15-23(17-7-9-30-10-8-17)26(33-34)18-1-2-18/h3-4,7-10,13,15-16,18,20,24,31H,1-2,5-6,11-12,14H2,(H,32,36,37). The van der Waals surface area contributed by atoms with Crippen LogP contribution >= 0.6 is 0 Å². The molecule has 2 N–H and O–H groups in total. The average Bonchev–Trinajstić information content (AvgIpc) is 3.62. The van der Waals surface area contributed by atoms with Crippen LogP contribution in [-0.2, 0) is 9.59 Å². The number of piperidine rings is 1. The number of benzene rings is 1. The summed E-state index contributed by atoms with van der Waals surface area (Å²) in [6.07, 6.45) is 10.5. The highest BCUT2D eigenvalue weighted by Crippen LogP contribution is 2.45. The van der Waals surface area contributed by atoms with Crippen molar-refractivity contribution in [2.24, 2.45) is 5.92 Å². The van der Waals surface area contributed by atoms with Crippen LogP contribution in [0.3, 0.4) is 0 Å². The van der Waals surface area contributed by atoms with Crippen molar-refractivity contribution >= 4 is 29.3 Å². The van der Waals surface area contributed by atoms with Gasteiger partial charge in [0.05, 0.1) is 22.9 Å². The van der Waals surface area contributed by atoms with Gasteiger partial charge in [-0.05, 0) is 73.9 Å². The van der Waals surface area contributed by atoms with E-state index in [9.17, 15) is 19.2 Å². The molecule has 4 amide bonds. The van der Waals surface area contributed by atoms with Crippen LogP contribution in [0.5, 0.6) is 0 Å². The third-order valence-electron chi connectivity index (χ3n) is 8.34. The molecule has 0 radical (unpaired) electrons. The van der Waals surface area contributed by atoms with Gasteiger partial charge in [-0.1, -0.05) is 0 Å². The van der Waals surface area contributed by atoms with E-state index in [-0.39, 0.29) is 29.9 Å². The van der Waals surface area contributed by atoms with Gasteiger partial charge in [0, 0.05) is 48.7 Å². The summed E-state index contributed by atoms with van der Waals surface area (Å²) in [5.41, 5.74) is 4.91. The van der Waals surface area contributed by atoms with Gasteiger partial charge in [-0.15, -0.1) is 0 Å². The summed E-state index contributed by atoms with van der Waals surface area (Å²) in [6, 6.07) is 8.61. The molecule has 3 fully saturated rings. The molecule has 0 spiro atoms. The fourth-order valence-electron chi connectivity index (χ4n) is 5.93. The van der Waals surface area contributed by atoms with Gasteiger partial charge in [0.1, 0.15) is 6.04 Å². The number of nitrogens with one attached hydrogen (secondary N) is 2. The zero-order chi connectivity index (χ0) is 26.7. The number of anilines is 1. The molecule has 198 valence electrons. The minimum Gasteiger partial charge on any atom is -0.385 e. The Kier molecular flexibility index (Phi) is 5.57. The summed E-state index contributed by atoms with van der Waals surface area (Å²) in [5.74, 6) is -0.942. The smallest absolute Gasteiger partial charge is 0.262 e. The van der Waals surface area contributed by atoms with E-state index in [1.807, 2.05) is 24.5 Å². The van der Waals surface area contributed by atoms with Gasteiger partial charge >= 0.3 is 0 Å². The first-order chi connectivity index (χ1) is 19.0. The van der Waals surface area contributed by atoms with Crippen LogP contribution in [0.25, 0.3) is 11.1 Å². The first-order valence-electron chi connectivity index (χ1n) is 13.5. The molecule has 1 atom stereocenters. The normalized spacial score (nSPS) is 24.4. The summed E-state index contributed by atoms with van der Waals surface area (Å²) in [4.78, 5) is 54.9. The quantitative estimate of drug-likeness (QED) is 0.454. The maximum absolute atomic E-state index is 13.1. The molecule has 2 aliphatic heterocycles. The second-order valence-corrected chi connectivity index (χ2v) is 11.0. The molecule has 3 aromatic rings. The minimum atomic E-state index is -0.958. The Labute approximate surface area is 224 Å². The van der Waals surface area contributed by atoms with E-state index >= 15 is 0 Å². The fourth-order valence-corrected chi connectivity index (χ4v) is 5.93. The van der Waals surface area contributed by atoms with Crippen molar-refractivity contribution in [1.82, 2.24) is 25.0 Å². The predicted molar refractivity (Wildman–Crippen MR) is 141 cm³/mol. The molecule has 1 unspecified atom stereocenters. The van der Waals surface area contributed by atoms with Gasteiger partial charge in [0.2, 0.25) is 11.8 Å². The van der Waals surface area contributed by atoms with Crippen molar-refractivity contribution in [1.29, 1.82) is 0 Å². The topological polar surface area (TPSA) is 126 Å². The van der Waals surface area contributed by atoms with E-state index in [4.69, 9.17) is 5.10 Å². The molecule has 4 heterocycles. The van der Waals surface area contributed by atoms with Crippen LogP contribution in [0.15, 0.2) is 48.9 Å². The van der Waals surface area contributed by atoms with Crippen LogP contribution in [0.2, 0.25) is 0 Å². The minimum absolute atomic E-state index is 0.102. The number of carbonyl (C=O) groups is 4. The lowest BCUT2D eigenvalue weighted by atomic mass is 9.80. The Balaban J connectivity index is 0.987. The Morgan fingerprint density at radius 2 is 1.69 bits per heavy atom. The van der Waals surface area contributed by atoms with E-state index < -0.39 is 23.8 Å². The Morgan fingerprint density at radius 1 is 0.923 bits per heavy atom. The summed E-state index contributed by atoms with van der Waals surface area (Å²) < 4.78 is 2.14. The van der Waals surface area contributed by atoms with Gasteiger partial charge in [-0.25, -0.2) is 0 Å². The number of hydrogen-bond donors (Lipinski definition) is 2. The largest absolute Gasteiger partial charge is 0.385 e. The lowest BCUT2D eigenvalue weighted by Crippen LogP contribution is -2.54. The van der Waals surface area contributed by atoms with Crippen LogP contribution in [-0.4, -0.2) is 55.9 Å². The number of pyridine rings is 1. The molecule has 39 heavy (non-hydrogen) atoms. The Hall–Kier alpha value is -4.34. The van der Waals surface area contributed by atoms with E-state index in [0.29, 0.717) is 17.9 Å². The number of hydrogen-bond acceptors (Lipinski definition) is 7. The molecular weight excluding hydrogens is 496 g/mol. The highest BCUT2D eigenvalue weighted by Gasteiger charge is 2.44. The zero-order valence-electron chi connectivity index (χ0n) is 21.3. The van der Waals surface area contributed by atoms with Crippen LogP contribution in [0, 0.1) is 5.92 Å². The maximum atomic E-state index is 13.1. The molecule has 10 nitrogen and oxygen atoms in total. The third-order valence-corrected chi connectivity index (χ3v) is 8.34. The van der Waals surface area contributed by atoms with E-state index in [1.165, 1.54) is 24.1 Å². The van der Waals surface area contributed by atoms with Crippen LogP contribution in [0.1, 0.15) is 76.9 Å². The van der Waals surface area contributed by atoms with Crippen molar-refractivity contribution < 1.29 is 19.2 Å². The summed E-state index contributed by atoms with van der Waals surface area (Å²) >= 11 is 0. The van der Waals surface area contributed by atoms with Crippen LogP contribution in [0.4, 0.5) is 5.69 Å². The number of aromatic nitrogens is 3. The zero-order valence-corrected chi connectivity index (χ0v) is 21.3. The molecular formula is C29H28N6O4. The second kappa shape index (κ2) is 9.14. The number of rotatable bonds is 7. The van der Waals surface area contributed by atoms with Crippen molar-refractivity contribution in [3.05, 3.63) is 65.7 Å². The first-order valence-corrected chi connectivity index (χ1v) is 13.5. The van der Waals surface area contributed by atoms with E-state index in [1.54, 1.807) is 18.2 Å². The Morgan fingerprint density at radius 3 is 2.44 bits per heavy atom. The third kappa shape index (κ3) is 4.20. The van der Waals surface area contributed by atoms with Gasteiger partial charge in [-0.3, -0.25) is 39.1 Å². The first kappa shape index (κ1) is 23.8. The Bertz CT molecular complexity index is 1510. The van der Waals surface area contributed by atoms with Crippen LogP contribution < -0.4 is 10.6 Å². The molecule has 1 aromatic carbocycles. The monoisotopic (exact) mass is 524 g/mol. The average molecular weight is 525 g/mol. The molecule has 2 saturated carbocycles. The number of carbonyl (C=O) groups excluding carboxylic acids is 4. The lowest BCUT2D eigenvalue weighted by Gasteiger charge is -2.35. The predicted octanol–water partition coefficient (Wildman–Crippen LogP) is 3.29. The molecule has 4 aliphatic rings. The fraction of sp³-hybridized carbons (Fsp3) is 0.379. The molecule has 0 bridgehead atoms. The number of fused-ring (bicyclic) bond motifs is 1. The van der Waals surface area contributed by atoms with Crippen molar-refractivity contribution in [3.63, 3.8) is 0 Å². The van der Waals surface area contributed by atoms with E-state index in [0.717, 1.165) is 35.5 Å². The summed E-state index contributed by atoms with van der Waals surface area (Å²) in [6.45, 7) is 0.752. The van der Waals surface area contributed by atoms with Gasteiger partial charge in [0.25, 0.3) is 11.8 Å².